The van der Waals surface area contributed by atoms with Crippen LogP contribution in [0.5, 0.6) is 0 Å². The van der Waals surface area contributed by atoms with E-state index in [-0.39, 0.29) is 0 Å². The molecule has 0 radical (unpaired) electrons. The van der Waals surface area contributed by atoms with Gasteiger partial charge in [0, 0.05) is 17.3 Å². The minimum Gasteiger partial charge on any atom is -0.223 e. The van der Waals surface area contributed by atoms with Crippen LogP contribution in [0.2, 0.25) is 5.28 Å². The second-order valence-corrected chi connectivity index (χ2v) is 3.86. The maximum Gasteiger partial charge on any atom is 0.222 e. The largest absolute Gasteiger partial charge is 0.223 e. The lowest BCUT2D eigenvalue weighted by Crippen LogP contribution is -1.93. The molecule has 0 amide bonds. The number of aromatic nitrogens is 2. The van der Waals surface area contributed by atoms with Crippen molar-refractivity contribution in [1.82, 2.24) is 9.97 Å². The molecule has 0 N–H and O–H groups in total. The predicted molar refractivity (Wildman–Crippen MR) is 48.3 cm³/mol. The van der Waals surface area contributed by atoms with Crippen molar-refractivity contribution in [2.24, 2.45) is 5.92 Å². The van der Waals surface area contributed by atoms with Crippen LogP contribution < -0.4 is 0 Å². The molecule has 2 atom stereocenters. The number of hydrogen-bond donors (Lipinski definition) is 0. The molecule has 1 aliphatic carbocycles. The van der Waals surface area contributed by atoms with E-state index in [2.05, 4.69) is 16.9 Å². The molecule has 0 aliphatic heterocycles. The molecule has 0 bridgehead atoms. The van der Waals surface area contributed by atoms with Crippen LogP contribution in [0.4, 0.5) is 0 Å². The van der Waals surface area contributed by atoms with E-state index in [1.165, 1.54) is 6.42 Å². The normalized spacial score (nSPS) is 27.2. The summed E-state index contributed by atoms with van der Waals surface area (Å²) in [5.41, 5.74) is 2.07. The Morgan fingerprint density at radius 3 is 2.67 bits per heavy atom. The highest BCUT2D eigenvalue weighted by Gasteiger charge is 2.35. The molecule has 64 valence electrons. The van der Waals surface area contributed by atoms with Gasteiger partial charge in [-0.05, 0) is 36.9 Å². The first-order valence-corrected chi connectivity index (χ1v) is 4.55. The lowest BCUT2D eigenvalue weighted by Gasteiger charge is -1.99. The van der Waals surface area contributed by atoms with Gasteiger partial charge in [0.15, 0.2) is 0 Å². The van der Waals surface area contributed by atoms with Crippen LogP contribution in [-0.4, -0.2) is 9.97 Å². The molecule has 1 fully saturated rings. The van der Waals surface area contributed by atoms with Gasteiger partial charge in [0.2, 0.25) is 5.28 Å². The molecule has 1 saturated carbocycles. The van der Waals surface area contributed by atoms with Crippen molar-refractivity contribution in [3.63, 3.8) is 0 Å². The zero-order valence-corrected chi connectivity index (χ0v) is 7.97. The van der Waals surface area contributed by atoms with Gasteiger partial charge in [-0.25, -0.2) is 9.97 Å². The smallest absolute Gasteiger partial charge is 0.222 e. The summed E-state index contributed by atoms with van der Waals surface area (Å²) < 4.78 is 0. The van der Waals surface area contributed by atoms with E-state index in [9.17, 15) is 0 Å². The topological polar surface area (TPSA) is 25.8 Å². The molecule has 2 unspecified atom stereocenters. The lowest BCUT2D eigenvalue weighted by molar-refractivity contribution is 0.871. The second-order valence-electron chi connectivity index (χ2n) is 3.52. The van der Waals surface area contributed by atoms with Gasteiger partial charge in [0.25, 0.3) is 0 Å². The number of hydrogen-bond acceptors (Lipinski definition) is 2. The first-order valence-electron chi connectivity index (χ1n) is 4.18. The average molecular weight is 183 g/mol. The fourth-order valence-electron chi connectivity index (χ4n) is 1.48. The molecule has 1 heterocycles. The SMILES string of the molecule is Cc1cc(C2CC2C)nc(Cl)n1. The van der Waals surface area contributed by atoms with Crippen LogP contribution in [-0.2, 0) is 0 Å². The summed E-state index contributed by atoms with van der Waals surface area (Å²) in [6.07, 6.45) is 1.24. The Labute approximate surface area is 77.0 Å². The summed E-state index contributed by atoms with van der Waals surface area (Å²) in [5.74, 6) is 1.40. The molecule has 2 rings (SSSR count). The fourth-order valence-corrected chi connectivity index (χ4v) is 1.71. The third-order valence-electron chi connectivity index (χ3n) is 2.34. The van der Waals surface area contributed by atoms with Crippen LogP contribution in [0.3, 0.4) is 0 Å². The van der Waals surface area contributed by atoms with E-state index < -0.39 is 0 Å². The summed E-state index contributed by atoms with van der Waals surface area (Å²) in [6, 6.07) is 2.03. The molecule has 0 spiro atoms. The van der Waals surface area contributed by atoms with Gasteiger partial charge in [-0.2, -0.15) is 0 Å². The summed E-state index contributed by atoms with van der Waals surface area (Å²) in [7, 11) is 0. The average Bonchev–Trinajstić information content (AvgIpc) is 2.64. The molecule has 1 aromatic rings. The Bertz CT molecular complexity index is 291. The van der Waals surface area contributed by atoms with E-state index in [1.54, 1.807) is 0 Å². The monoisotopic (exact) mass is 182 g/mol. The highest BCUT2D eigenvalue weighted by molar-refractivity contribution is 6.28. The molecule has 0 saturated heterocycles. The van der Waals surface area contributed by atoms with Crippen LogP contribution in [0.25, 0.3) is 0 Å². The highest BCUT2D eigenvalue weighted by atomic mass is 35.5. The van der Waals surface area contributed by atoms with Crippen LogP contribution in [0, 0.1) is 12.8 Å². The predicted octanol–water partition coefficient (Wildman–Crippen LogP) is 2.56. The van der Waals surface area contributed by atoms with E-state index in [4.69, 9.17) is 11.6 Å². The Morgan fingerprint density at radius 2 is 2.17 bits per heavy atom. The maximum absolute atomic E-state index is 5.75. The first-order chi connectivity index (χ1) is 5.66. The Hall–Kier alpha value is -0.630. The number of rotatable bonds is 1. The van der Waals surface area contributed by atoms with Crippen molar-refractivity contribution in [3.05, 3.63) is 22.7 Å². The summed E-state index contributed by atoms with van der Waals surface area (Å²) in [5, 5.41) is 0.379. The van der Waals surface area contributed by atoms with Crippen molar-refractivity contribution in [2.75, 3.05) is 0 Å². The standard InChI is InChI=1S/C9H11ClN2/c1-5-3-7(5)8-4-6(2)11-9(10)12-8/h4-5,7H,3H2,1-2H3. The molecule has 12 heavy (non-hydrogen) atoms. The third-order valence-corrected chi connectivity index (χ3v) is 2.51. The minimum atomic E-state index is 0.379. The van der Waals surface area contributed by atoms with Crippen molar-refractivity contribution in [2.45, 2.75) is 26.2 Å². The van der Waals surface area contributed by atoms with E-state index in [0.717, 1.165) is 17.3 Å². The molecule has 3 heteroatoms. The summed E-state index contributed by atoms with van der Waals surface area (Å²) in [4.78, 5) is 8.22. The van der Waals surface area contributed by atoms with Gasteiger partial charge < -0.3 is 0 Å². The lowest BCUT2D eigenvalue weighted by atomic mass is 10.2. The number of nitrogens with zero attached hydrogens (tertiary/aromatic N) is 2. The van der Waals surface area contributed by atoms with Gasteiger partial charge in [-0.3, -0.25) is 0 Å². The van der Waals surface area contributed by atoms with Gasteiger partial charge in [0.1, 0.15) is 0 Å². The number of aryl methyl sites for hydroxylation is 1. The Morgan fingerprint density at radius 1 is 1.50 bits per heavy atom. The van der Waals surface area contributed by atoms with Gasteiger partial charge in [-0.1, -0.05) is 6.92 Å². The van der Waals surface area contributed by atoms with E-state index in [1.807, 2.05) is 13.0 Å². The van der Waals surface area contributed by atoms with Crippen LogP contribution in [0.15, 0.2) is 6.07 Å². The van der Waals surface area contributed by atoms with Gasteiger partial charge in [-0.15, -0.1) is 0 Å². The Balaban J connectivity index is 2.32. The Kier molecular flexibility index (Phi) is 1.80. The van der Waals surface area contributed by atoms with Crippen molar-refractivity contribution in [3.8, 4) is 0 Å². The van der Waals surface area contributed by atoms with E-state index in [0.29, 0.717) is 11.2 Å². The second kappa shape index (κ2) is 2.70. The van der Waals surface area contributed by atoms with Crippen LogP contribution in [0.1, 0.15) is 30.7 Å². The summed E-state index contributed by atoms with van der Waals surface area (Å²) in [6.45, 7) is 4.18. The molecule has 1 aliphatic rings. The van der Waals surface area contributed by atoms with Crippen molar-refractivity contribution < 1.29 is 0 Å². The van der Waals surface area contributed by atoms with Crippen LogP contribution >= 0.6 is 11.6 Å². The van der Waals surface area contributed by atoms with Crippen molar-refractivity contribution >= 4 is 11.6 Å². The fraction of sp³-hybridized carbons (Fsp3) is 0.556. The van der Waals surface area contributed by atoms with E-state index >= 15 is 0 Å². The third kappa shape index (κ3) is 1.44. The zero-order chi connectivity index (χ0) is 8.72. The van der Waals surface area contributed by atoms with Gasteiger partial charge in [0.05, 0.1) is 0 Å². The van der Waals surface area contributed by atoms with Crippen molar-refractivity contribution in [1.29, 1.82) is 0 Å². The molecular weight excluding hydrogens is 172 g/mol. The summed E-state index contributed by atoms with van der Waals surface area (Å²) >= 11 is 5.75. The first kappa shape index (κ1) is 7.99. The molecule has 1 aromatic heterocycles. The molecular formula is C9H11ClN2. The maximum atomic E-state index is 5.75. The molecule has 2 nitrogen and oxygen atoms in total. The molecule has 0 aromatic carbocycles. The quantitative estimate of drug-likeness (QED) is 0.624. The van der Waals surface area contributed by atoms with Gasteiger partial charge >= 0.3 is 0 Å². The number of halogens is 1. The minimum absolute atomic E-state index is 0.379. The highest BCUT2D eigenvalue weighted by Crippen LogP contribution is 2.46. The zero-order valence-electron chi connectivity index (χ0n) is 7.21.